The van der Waals surface area contributed by atoms with Gasteiger partial charge in [0, 0.05) is 30.0 Å². The van der Waals surface area contributed by atoms with Gasteiger partial charge in [-0.1, -0.05) is 0 Å². The third kappa shape index (κ3) is 1.59. The highest BCUT2D eigenvalue weighted by Gasteiger charge is 2.27. The molecule has 0 bridgehead atoms. The summed E-state index contributed by atoms with van der Waals surface area (Å²) < 4.78 is 2.42. The minimum atomic E-state index is -0.218. The summed E-state index contributed by atoms with van der Waals surface area (Å²) in [5.74, 6) is 0. The minimum absolute atomic E-state index is 0.218. The van der Waals surface area contributed by atoms with Gasteiger partial charge in [0.25, 0.3) is 0 Å². The number of aliphatic hydroxyl groups is 1. The van der Waals surface area contributed by atoms with Crippen LogP contribution in [0.5, 0.6) is 0 Å². The SMILES string of the molecule is CN1CCC(n2ccc3c2CCCC3O)C1. The zero-order valence-electron chi connectivity index (χ0n) is 9.89. The maximum absolute atomic E-state index is 9.95. The molecule has 0 radical (unpaired) electrons. The monoisotopic (exact) mass is 220 g/mol. The number of rotatable bonds is 1. The lowest BCUT2D eigenvalue weighted by Gasteiger charge is -2.23. The predicted octanol–water partition coefficient (Wildman–Crippen LogP) is 1.73. The van der Waals surface area contributed by atoms with Crippen molar-refractivity contribution in [2.45, 2.75) is 37.8 Å². The van der Waals surface area contributed by atoms with Crippen LogP contribution in [-0.2, 0) is 6.42 Å². The van der Waals surface area contributed by atoms with E-state index >= 15 is 0 Å². The maximum atomic E-state index is 9.95. The molecule has 1 saturated heterocycles. The number of hydrogen-bond acceptors (Lipinski definition) is 2. The Morgan fingerprint density at radius 3 is 3.00 bits per heavy atom. The molecule has 0 spiro atoms. The second kappa shape index (κ2) is 3.90. The summed E-state index contributed by atoms with van der Waals surface area (Å²) in [6, 6.07) is 2.75. The van der Waals surface area contributed by atoms with Gasteiger partial charge in [-0.25, -0.2) is 0 Å². The van der Waals surface area contributed by atoms with Crippen molar-refractivity contribution in [3.8, 4) is 0 Å². The fourth-order valence-corrected chi connectivity index (χ4v) is 3.17. The van der Waals surface area contributed by atoms with E-state index in [9.17, 15) is 5.11 Å². The molecule has 2 unspecified atom stereocenters. The summed E-state index contributed by atoms with van der Waals surface area (Å²) in [6.07, 6.45) is 6.41. The van der Waals surface area contributed by atoms with E-state index in [1.165, 1.54) is 24.2 Å². The maximum Gasteiger partial charge on any atom is 0.0807 e. The fourth-order valence-electron chi connectivity index (χ4n) is 3.17. The molecule has 88 valence electrons. The zero-order valence-corrected chi connectivity index (χ0v) is 9.89. The van der Waals surface area contributed by atoms with Crippen LogP contribution >= 0.6 is 0 Å². The van der Waals surface area contributed by atoms with Gasteiger partial charge in [0.15, 0.2) is 0 Å². The highest BCUT2D eigenvalue weighted by Crippen LogP contribution is 2.33. The summed E-state index contributed by atoms with van der Waals surface area (Å²) in [6.45, 7) is 2.34. The van der Waals surface area contributed by atoms with Gasteiger partial charge in [0.05, 0.1) is 6.10 Å². The summed E-state index contributed by atoms with van der Waals surface area (Å²) in [5, 5.41) is 9.95. The van der Waals surface area contributed by atoms with Crippen LogP contribution in [0.15, 0.2) is 12.3 Å². The Balaban J connectivity index is 1.91. The molecule has 0 aromatic carbocycles. The van der Waals surface area contributed by atoms with E-state index in [2.05, 4.69) is 28.8 Å². The normalized spacial score (nSPS) is 30.6. The van der Waals surface area contributed by atoms with Gasteiger partial charge in [-0.05, 0) is 45.3 Å². The molecule has 0 amide bonds. The van der Waals surface area contributed by atoms with E-state index in [1.807, 2.05) is 0 Å². The Kier molecular flexibility index (Phi) is 2.52. The van der Waals surface area contributed by atoms with Crippen molar-refractivity contribution in [2.24, 2.45) is 0 Å². The van der Waals surface area contributed by atoms with Crippen molar-refractivity contribution in [3.63, 3.8) is 0 Å². The van der Waals surface area contributed by atoms with Crippen LogP contribution in [-0.4, -0.2) is 34.7 Å². The molecule has 16 heavy (non-hydrogen) atoms. The second-order valence-corrected chi connectivity index (χ2v) is 5.24. The van der Waals surface area contributed by atoms with Gasteiger partial charge >= 0.3 is 0 Å². The van der Waals surface area contributed by atoms with E-state index in [1.54, 1.807) is 0 Å². The van der Waals surface area contributed by atoms with Crippen LogP contribution in [0.4, 0.5) is 0 Å². The quantitative estimate of drug-likeness (QED) is 0.781. The molecule has 1 N–H and O–H groups in total. The molecule has 0 saturated carbocycles. The van der Waals surface area contributed by atoms with Crippen LogP contribution in [0.25, 0.3) is 0 Å². The standard InChI is InChI=1S/C13H20N2O/c1-14-7-5-10(9-14)15-8-6-11-12(15)3-2-4-13(11)16/h6,8,10,13,16H,2-5,7,9H2,1H3. The highest BCUT2D eigenvalue weighted by atomic mass is 16.3. The van der Waals surface area contributed by atoms with E-state index < -0.39 is 0 Å². The first-order valence-electron chi connectivity index (χ1n) is 6.32. The van der Waals surface area contributed by atoms with Gasteiger partial charge in [-0.2, -0.15) is 0 Å². The van der Waals surface area contributed by atoms with E-state index in [-0.39, 0.29) is 6.10 Å². The molecule has 3 heteroatoms. The van der Waals surface area contributed by atoms with Crippen LogP contribution in [0, 0.1) is 0 Å². The van der Waals surface area contributed by atoms with Crippen LogP contribution in [0.2, 0.25) is 0 Å². The molecular weight excluding hydrogens is 200 g/mol. The van der Waals surface area contributed by atoms with Crippen LogP contribution in [0.1, 0.15) is 42.7 Å². The highest BCUT2D eigenvalue weighted by molar-refractivity contribution is 5.28. The van der Waals surface area contributed by atoms with Crippen LogP contribution in [0.3, 0.4) is 0 Å². The summed E-state index contributed by atoms with van der Waals surface area (Å²) in [7, 11) is 2.19. The average Bonchev–Trinajstić information content (AvgIpc) is 2.84. The lowest BCUT2D eigenvalue weighted by Crippen LogP contribution is -2.19. The average molecular weight is 220 g/mol. The molecule has 1 aromatic heterocycles. The number of fused-ring (bicyclic) bond motifs is 1. The number of likely N-dealkylation sites (tertiary alicyclic amines) is 1. The van der Waals surface area contributed by atoms with Crippen molar-refractivity contribution in [3.05, 3.63) is 23.5 Å². The lowest BCUT2D eigenvalue weighted by atomic mass is 9.95. The third-order valence-corrected chi connectivity index (χ3v) is 4.07. The largest absolute Gasteiger partial charge is 0.388 e. The molecule has 1 aliphatic heterocycles. The van der Waals surface area contributed by atoms with Gasteiger partial charge in [0.1, 0.15) is 0 Å². The Bertz CT molecular complexity index is 385. The molecule has 2 atom stereocenters. The van der Waals surface area contributed by atoms with E-state index in [0.717, 1.165) is 25.8 Å². The molecule has 1 fully saturated rings. The smallest absolute Gasteiger partial charge is 0.0807 e. The van der Waals surface area contributed by atoms with Crippen molar-refractivity contribution >= 4 is 0 Å². The van der Waals surface area contributed by atoms with Crippen molar-refractivity contribution in [1.82, 2.24) is 9.47 Å². The van der Waals surface area contributed by atoms with Gasteiger partial charge in [-0.3, -0.25) is 0 Å². The third-order valence-electron chi connectivity index (χ3n) is 4.07. The number of nitrogens with zero attached hydrogens (tertiary/aromatic N) is 2. The number of aromatic nitrogens is 1. The van der Waals surface area contributed by atoms with Gasteiger partial charge in [-0.15, -0.1) is 0 Å². The molecule has 3 nitrogen and oxygen atoms in total. The summed E-state index contributed by atoms with van der Waals surface area (Å²) in [5.41, 5.74) is 2.57. The second-order valence-electron chi connectivity index (χ2n) is 5.24. The Morgan fingerprint density at radius 2 is 2.25 bits per heavy atom. The van der Waals surface area contributed by atoms with Crippen LogP contribution < -0.4 is 0 Å². The molecule has 3 rings (SSSR count). The zero-order chi connectivity index (χ0) is 11.1. The predicted molar refractivity (Wildman–Crippen MR) is 63.5 cm³/mol. The molecule has 2 heterocycles. The summed E-state index contributed by atoms with van der Waals surface area (Å²) >= 11 is 0. The topological polar surface area (TPSA) is 28.4 Å². The number of aliphatic hydroxyl groups excluding tert-OH is 1. The minimum Gasteiger partial charge on any atom is -0.388 e. The first kappa shape index (κ1) is 10.4. The van der Waals surface area contributed by atoms with Crippen molar-refractivity contribution in [2.75, 3.05) is 20.1 Å². The van der Waals surface area contributed by atoms with E-state index in [0.29, 0.717) is 6.04 Å². The lowest BCUT2D eigenvalue weighted by molar-refractivity contribution is 0.155. The van der Waals surface area contributed by atoms with Crippen molar-refractivity contribution in [1.29, 1.82) is 0 Å². The first-order chi connectivity index (χ1) is 7.75. The number of likely N-dealkylation sites (N-methyl/N-ethyl adjacent to an activating group) is 1. The Labute approximate surface area is 96.7 Å². The Morgan fingerprint density at radius 1 is 1.38 bits per heavy atom. The molecule has 1 aromatic rings. The molecule has 2 aliphatic rings. The fraction of sp³-hybridized carbons (Fsp3) is 0.692. The molecule has 1 aliphatic carbocycles. The van der Waals surface area contributed by atoms with Crippen molar-refractivity contribution < 1.29 is 5.11 Å². The van der Waals surface area contributed by atoms with Gasteiger partial charge < -0.3 is 14.6 Å². The first-order valence-corrected chi connectivity index (χ1v) is 6.32. The number of hydrogen-bond donors (Lipinski definition) is 1. The molecular formula is C13H20N2O. The Hall–Kier alpha value is -0.800. The van der Waals surface area contributed by atoms with Gasteiger partial charge in [0.2, 0.25) is 0 Å². The summed E-state index contributed by atoms with van der Waals surface area (Å²) in [4.78, 5) is 2.39. The van der Waals surface area contributed by atoms with E-state index in [4.69, 9.17) is 0 Å².